The van der Waals surface area contributed by atoms with Crippen LogP contribution in [0.15, 0.2) is 41.8 Å². The molecule has 0 aliphatic carbocycles. The third-order valence-electron chi connectivity index (χ3n) is 3.18. The predicted octanol–water partition coefficient (Wildman–Crippen LogP) is 2.26. The molecule has 0 aliphatic rings. The predicted molar refractivity (Wildman–Crippen MR) is 90.2 cm³/mol. The Morgan fingerprint density at radius 1 is 1.13 bits per heavy atom. The molecule has 2 amide bonds. The number of amides is 2. The zero-order valence-corrected chi connectivity index (χ0v) is 13.9. The third kappa shape index (κ3) is 5.35. The lowest BCUT2D eigenvalue weighted by Gasteiger charge is -2.10. The number of halogens is 1. The highest BCUT2D eigenvalue weighted by Gasteiger charge is 2.14. The first-order valence-corrected chi connectivity index (χ1v) is 8.34. The molecular formula is C16H17ClN2O3S. The van der Waals surface area contributed by atoms with Gasteiger partial charge < -0.3 is 15.7 Å². The Labute approximate surface area is 143 Å². The van der Waals surface area contributed by atoms with Gasteiger partial charge in [-0.05, 0) is 29.5 Å². The molecule has 122 valence electrons. The smallest absolute Gasteiger partial charge is 0.309 e. The van der Waals surface area contributed by atoms with Crippen LogP contribution in [-0.4, -0.2) is 23.5 Å². The summed E-state index contributed by atoms with van der Waals surface area (Å²) in [6.45, 7) is 0.404. The zero-order chi connectivity index (χ0) is 16.7. The van der Waals surface area contributed by atoms with Crippen LogP contribution in [0.4, 0.5) is 0 Å². The second kappa shape index (κ2) is 8.67. The maximum Gasteiger partial charge on any atom is 0.309 e. The molecule has 0 saturated carbocycles. The van der Waals surface area contributed by atoms with Gasteiger partial charge >= 0.3 is 11.8 Å². The number of carbonyl (C=O) groups excluding carboxylic acids is 2. The molecule has 1 heterocycles. The molecule has 1 aromatic carbocycles. The highest BCUT2D eigenvalue weighted by molar-refractivity contribution is 7.10. The number of aliphatic hydroxyl groups is 1. The number of rotatable bonds is 6. The van der Waals surface area contributed by atoms with Crippen molar-refractivity contribution in [1.29, 1.82) is 0 Å². The maximum atomic E-state index is 11.7. The van der Waals surface area contributed by atoms with E-state index < -0.39 is 17.9 Å². The standard InChI is InChI=1S/C16H17ClN2O3S/c17-12-5-2-1-4-11(12)10-19-16(22)15(21)18-8-7-13(20)14-6-3-9-23-14/h1-6,9,13,20H,7-8,10H2,(H,18,21)(H,19,22). The lowest BCUT2D eigenvalue weighted by molar-refractivity contribution is -0.139. The van der Waals surface area contributed by atoms with Crippen molar-refractivity contribution < 1.29 is 14.7 Å². The van der Waals surface area contributed by atoms with Gasteiger partial charge in [0.1, 0.15) is 0 Å². The molecule has 0 spiro atoms. The van der Waals surface area contributed by atoms with Crippen molar-refractivity contribution in [2.75, 3.05) is 6.54 Å². The highest BCUT2D eigenvalue weighted by Crippen LogP contribution is 2.20. The molecular weight excluding hydrogens is 336 g/mol. The second-order valence-electron chi connectivity index (χ2n) is 4.85. The summed E-state index contributed by atoms with van der Waals surface area (Å²) >= 11 is 7.42. The fourth-order valence-electron chi connectivity index (χ4n) is 1.92. The average Bonchev–Trinajstić information content (AvgIpc) is 3.08. The van der Waals surface area contributed by atoms with Gasteiger partial charge in [0.25, 0.3) is 0 Å². The number of carbonyl (C=O) groups is 2. The van der Waals surface area contributed by atoms with Crippen molar-refractivity contribution in [2.24, 2.45) is 0 Å². The number of aliphatic hydroxyl groups excluding tert-OH is 1. The van der Waals surface area contributed by atoms with Crippen LogP contribution in [-0.2, 0) is 16.1 Å². The molecule has 1 atom stereocenters. The molecule has 0 radical (unpaired) electrons. The van der Waals surface area contributed by atoms with E-state index in [1.807, 2.05) is 17.5 Å². The molecule has 7 heteroatoms. The van der Waals surface area contributed by atoms with Crippen LogP contribution in [0.5, 0.6) is 0 Å². The number of hydrogen-bond donors (Lipinski definition) is 3. The first kappa shape index (κ1) is 17.5. The van der Waals surface area contributed by atoms with Crippen molar-refractivity contribution in [3.8, 4) is 0 Å². The molecule has 23 heavy (non-hydrogen) atoms. The molecule has 0 bridgehead atoms. The van der Waals surface area contributed by atoms with E-state index in [1.165, 1.54) is 11.3 Å². The van der Waals surface area contributed by atoms with E-state index in [0.29, 0.717) is 11.4 Å². The van der Waals surface area contributed by atoms with Gasteiger partial charge in [-0.15, -0.1) is 11.3 Å². The Kier molecular flexibility index (Phi) is 6.58. The summed E-state index contributed by atoms with van der Waals surface area (Å²) in [6.07, 6.45) is -0.286. The average molecular weight is 353 g/mol. The fourth-order valence-corrected chi connectivity index (χ4v) is 2.87. The SMILES string of the molecule is O=C(NCCC(O)c1cccs1)C(=O)NCc1ccccc1Cl. The van der Waals surface area contributed by atoms with Crippen LogP contribution in [0.3, 0.4) is 0 Å². The molecule has 0 fully saturated rings. The van der Waals surface area contributed by atoms with Gasteiger partial charge in [-0.2, -0.15) is 0 Å². The van der Waals surface area contributed by atoms with Crippen LogP contribution in [0.2, 0.25) is 5.02 Å². The minimum absolute atomic E-state index is 0.184. The van der Waals surface area contributed by atoms with Gasteiger partial charge in [-0.1, -0.05) is 35.9 Å². The van der Waals surface area contributed by atoms with Crippen LogP contribution < -0.4 is 10.6 Å². The Morgan fingerprint density at radius 2 is 1.87 bits per heavy atom. The molecule has 1 unspecified atom stereocenters. The number of hydrogen-bond acceptors (Lipinski definition) is 4. The second-order valence-corrected chi connectivity index (χ2v) is 6.24. The summed E-state index contributed by atoms with van der Waals surface area (Å²) in [5.74, 6) is -1.45. The van der Waals surface area contributed by atoms with E-state index in [9.17, 15) is 14.7 Å². The third-order valence-corrected chi connectivity index (χ3v) is 4.52. The van der Waals surface area contributed by atoms with Crippen LogP contribution >= 0.6 is 22.9 Å². The summed E-state index contributed by atoms with van der Waals surface area (Å²) in [5.41, 5.74) is 0.739. The largest absolute Gasteiger partial charge is 0.388 e. The summed E-state index contributed by atoms with van der Waals surface area (Å²) < 4.78 is 0. The topological polar surface area (TPSA) is 78.4 Å². The monoisotopic (exact) mass is 352 g/mol. The van der Waals surface area contributed by atoms with E-state index >= 15 is 0 Å². The minimum atomic E-state index is -0.726. The molecule has 5 nitrogen and oxygen atoms in total. The summed E-state index contributed by atoms with van der Waals surface area (Å²) in [4.78, 5) is 24.2. The number of nitrogens with one attached hydrogen (secondary N) is 2. The van der Waals surface area contributed by atoms with Gasteiger partial charge in [-0.3, -0.25) is 9.59 Å². The molecule has 0 aliphatic heterocycles. The van der Waals surface area contributed by atoms with Gasteiger partial charge in [0.15, 0.2) is 0 Å². The lowest BCUT2D eigenvalue weighted by atomic mass is 10.2. The Hall–Kier alpha value is -1.89. The van der Waals surface area contributed by atoms with Crippen molar-refractivity contribution in [1.82, 2.24) is 10.6 Å². The van der Waals surface area contributed by atoms with E-state index in [0.717, 1.165) is 10.4 Å². The van der Waals surface area contributed by atoms with Gasteiger partial charge in [0.05, 0.1) is 6.10 Å². The van der Waals surface area contributed by atoms with E-state index in [-0.39, 0.29) is 13.1 Å². The molecule has 0 saturated heterocycles. The number of benzene rings is 1. The quantitative estimate of drug-likeness (QED) is 0.698. The van der Waals surface area contributed by atoms with Gasteiger partial charge in [0.2, 0.25) is 0 Å². The highest BCUT2D eigenvalue weighted by atomic mass is 35.5. The van der Waals surface area contributed by atoms with Crippen LogP contribution in [0.1, 0.15) is 23.0 Å². The number of thiophene rings is 1. The summed E-state index contributed by atoms with van der Waals surface area (Å²) in [6, 6.07) is 10.8. The summed E-state index contributed by atoms with van der Waals surface area (Å²) in [7, 11) is 0. The van der Waals surface area contributed by atoms with E-state index in [2.05, 4.69) is 10.6 Å². The Morgan fingerprint density at radius 3 is 2.57 bits per heavy atom. The van der Waals surface area contributed by atoms with Crippen molar-refractivity contribution in [2.45, 2.75) is 19.1 Å². The van der Waals surface area contributed by atoms with Gasteiger partial charge in [-0.25, -0.2) is 0 Å². The van der Waals surface area contributed by atoms with Gasteiger partial charge in [0, 0.05) is 23.0 Å². The van der Waals surface area contributed by atoms with E-state index in [1.54, 1.807) is 24.3 Å². The molecule has 3 N–H and O–H groups in total. The minimum Gasteiger partial charge on any atom is -0.388 e. The molecule has 2 rings (SSSR count). The normalized spacial score (nSPS) is 11.7. The van der Waals surface area contributed by atoms with Crippen LogP contribution in [0, 0.1) is 0 Å². The molecule has 1 aromatic heterocycles. The Bertz CT molecular complexity index is 661. The van der Waals surface area contributed by atoms with Crippen molar-refractivity contribution in [3.63, 3.8) is 0 Å². The van der Waals surface area contributed by atoms with Crippen molar-refractivity contribution >= 4 is 34.8 Å². The molecule has 2 aromatic rings. The Balaban J connectivity index is 1.71. The zero-order valence-electron chi connectivity index (χ0n) is 12.3. The van der Waals surface area contributed by atoms with Crippen LogP contribution in [0.25, 0.3) is 0 Å². The van der Waals surface area contributed by atoms with E-state index in [4.69, 9.17) is 11.6 Å². The summed E-state index contributed by atoms with van der Waals surface area (Å²) in [5, 5.41) is 17.3. The fraction of sp³-hybridized carbons (Fsp3) is 0.250. The first-order chi connectivity index (χ1) is 11.1. The first-order valence-electron chi connectivity index (χ1n) is 7.09. The maximum absolute atomic E-state index is 11.7. The lowest BCUT2D eigenvalue weighted by Crippen LogP contribution is -2.40. The van der Waals surface area contributed by atoms with Crippen molar-refractivity contribution in [3.05, 3.63) is 57.2 Å².